The van der Waals surface area contributed by atoms with E-state index in [4.69, 9.17) is 16.7 Å². The summed E-state index contributed by atoms with van der Waals surface area (Å²) in [7, 11) is 0. The topological polar surface area (TPSA) is 57.6 Å². The highest BCUT2D eigenvalue weighted by Crippen LogP contribution is 2.33. The minimum absolute atomic E-state index is 0.0725. The number of carboxylic acid groups (broad SMARTS) is 1. The van der Waals surface area contributed by atoms with E-state index in [1.54, 1.807) is 11.0 Å². The number of halogens is 1. The second-order valence-electron chi connectivity index (χ2n) is 5.16. The number of piperidine rings is 1. The normalized spacial score (nSPS) is 20.5. The average Bonchev–Trinajstić information content (AvgIpc) is 2.45. The van der Waals surface area contributed by atoms with E-state index < -0.39 is 11.9 Å². The van der Waals surface area contributed by atoms with Crippen molar-refractivity contribution in [3.8, 4) is 0 Å². The summed E-state index contributed by atoms with van der Waals surface area (Å²) >= 11 is 6.01. The minimum atomic E-state index is -1.08. The monoisotopic (exact) mass is 295 g/mol. The van der Waals surface area contributed by atoms with Crippen LogP contribution in [0.15, 0.2) is 24.3 Å². The Kier molecular flexibility index (Phi) is 4.65. The number of amides is 1. The lowest BCUT2D eigenvalue weighted by Crippen LogP contribution is -2.43. The van der Waals surface area contributed by atoms with Crippen molar-refractivity contribution in [2.24, 2.45) is 5.92 Å². The number of hydrogen-bond donors (Lipinski definition) is 1. The van der Waals surface area contributed by atoms with Crippen molar-refractivity contribution in [2.45, 2.75) is 32.2 Å². The number of nitrogens with zero attached hydrogens (tertiary/aromatic N) is 1. The van der Waals surface area contributed by atoms with Crippen LogP contribution in [0.25, 0.3) is 0 Å². The van der Waals surface area contributed by atoms with Gasteiger partial charge in [0.25, 0.3) is 0 Å². The van der Waals surface area contributed by atoms with Gasteiger partial charge in [0.05, 0.1) is 6.04 Å². The fourth-order valence-electron chi connectivity index (χ4n) is 2.61. The number of rotatable bonds is 3. The molecule has 1 amide bonds. The predicted molar refractivity (Wildman–Crippen MR) is 76.6 cm³/mol. The summed E-state index contributed by atoms with van der Waals surface area (Å²) in [5.41, 5.74) is 0.975. The van der Waals surface area contributed by atoms with Crippen molar-refractivity contribution in [1.29, 1.82) is 0 Å². The first-order valence-corrected chi connectivity index (χ1v) is 7.17. The van der Waals surface area contributed by atoms with E-state index in [0.717, 1.165) is 24.8 Å². The molecule has 2 atom stereocenters. The Morgan fingerprint density at radius 3 is 2.80 bits per heavy atom. The molecule has 0 saturated carbocycles. The van der Waals surface area contributed by atoms with Gasteiger partial charge in [0, 0.05) is 11.6 Å². The molecule has 4 nitrogen and oxygen atoms in total. The standard InChI is InChI=1S/C15H18ClNO3/c1-10(15(19)20)14(18)17-8-3-2-7-13(17)11-5-4-6-12(16)9-11/h4-6,9-10,13H,2-3,7-8H2,1H3,(H,19,20). The molecule has 1 N–H and O–H groups in total. The Hall–Kier alpha value is -1.55. The Balaban J connectivity index is 2.25. The summed E-state index contributed by atoms with van der Waals surface area (Å²) in [4.78, 5) is 25.0. The van der Waals surface area contributed by atoms with E-state index in [1.165, 1.54) is 6.92 Å². The number of likely N-dealkylation sites (tertiary alicyclic amines) is 1. The zero-order valence-electron chi connectivity index (χ0n) is 11.4. The summed E-state index contributed by atoms with van der Waals surface area (Å²) in [6.45, 7) is 2.04. The molecule has 1 heterocycles. The lowest BCUT2D eigenvalue weighted by molar-refractivity contribution is -0.152. The third-order valence-electron chi connectivity index (χ3n) is 3.76. The van der Waals surface area contributed by atoms with Crippen LogP contribution in [-0.2, 0) is 9.59 Å². The smallest absolute Gasteiger partial charge is 0.315 e. The summed E-state index contributed by atoms with van der Waals surface area (Å²) in [5.74, 6) is -2.40. The SMILES string of the molecule is CC(C(=O)O)C(=O)N1CCCCC1c1cccc(Cl)c1. The average molecular weight is 296 g/mol. The van der Waals surface area contributed by atoms with Gasteiger partial charge in [0.2, 0.25) is 5.91 Å². The molecule has 108 valence electrons. The van der Waals surface area contributed by atoms with E-state index in [2.05, 4.69) is 0 Å². The third kappa shape index (κ3) is 3.12. The summed E-state index contributed by atoms with van der Waals surface area (Å²) in [6.07, 6.45) is 2.79. The molecular weight excluding hydrogens is 278 g/mol. The molecule has 20 heavy (non-hydrogen) atoms. The number of aliphatic carboxylic acids is 1. The van der Waals surface area contributed by atoms with Gasteiger partial charge in [-0.3, -0.25) is 9.59 Å². The van der Waals surface area contributed by atoms with Gasteiger partial charge in [0.1, 0.15) is 5.92 Å². The third-order valence-corrected chi connectivity index (χ3v) is 4.00. The first-order chi connectivity index (χ1) is 9.50. The fraction of sp³-hybridized carbons (Fsp3) is 0.467. The van der Waals surface area contributed by atoms with E-state index in [-0.39, 0.29) is 11.9 Å². The lowest BCUT2D eigenvalue weighted by atomic mass is 9.94. The molecule has 2 unspecified atom stereocenters. The Morgan fingerprint density at radius 1 is 1.40 bits per heavy atom. The number of benzene rings is 1. The van der Waals surface area contributed by atoms with Crippen LogP contribution < -0.4 is 0 Å². The second-order valence-corrected chi connectivity index (χ2v) is 5.59. The van der Waals surface area contributed by atoms with E-state index in [9.17, 15) is 9.59 Å². The Labute approximate surface area is 123 Å². The maximum absolute atomic E-state index is 12.3. The van der Waals surface area contributed by atoms with Gasteiger partial charge in [-0.05, 0) is 43.9 Å². The Morgan fingerprint density at radius 2 is 2.15 bits per heavy atom. The second kappa shape index (κ2) is 6.27. The molecule has 5 heteroatoms. The molecule has 1 fully saturated rings. The number of carbonyl (C=O) groups excluding carboxylic acids is 1. The van der Waals surface area contributed by atoms with Gasteiger partial charge in [0.15, 0.2) is 0 Å². The van der Waals surface area contributed by atoms with E-state index in [1.807, 2.05) is 18.2 Å². The molecule has 1 aliphatic heterocycles. The van der Waals surface area contributed by atoms with Crippen molar-refractivity contribution >= 4 is 23.5 Å². The van der Waals surface area contributed by atoms with Gasteiger partial charge in [-0.25, -0.2) is 0 Å². The van der Waals surface area contributed by atoms with Crippen LogP contribution in [0.2, 0.25) is 5.02 Å². The lowest BCUT2D eigenvalue weighted by Gasteiger charge is -2.37. The highest BCUT2D eigenvalue weighted by atomic mass is 35.5. The summed E-state index contributed by atoms with van der Waals surface area (Å²) in [6, 6.07) is 7.36. The van der Waals surface area contributed by atoms with Gasteiger partial charge in [-0.15, -0.1) is 0 Å². The van der Waals surface area contributed by atoms with Crippen molar-refractivity contribution < 1.29 is 14.7 Å². The van der Waals surface area contributed by atoms with Crippen LogP contribution in [0, 0.1) is 5.92 Å². The zero-order chi connectivity index (χ0) is 14.7. The van der Waals surface area contributed by atoms with E-state index in [0.29, 0.717) is 11.6 Å². The molecular formula is C15H18ClNO3. The number of hydrogen-bond acceptors (Lipinski definition) is 2. The molecule has 1 saturated heterocycles. The van der Waals surface area contributed by atoms with E-state index >= 15 is 0 Å². The zero-order valence-corrected chi connectivity index (χ0v) is 12.1. The van der Waals surface area contributed by atoms with Crippen LogP contribution in [0.5, 0.6) is 0 Å². The van der Waals surface area contributed by atoms with Crippen LogP contribution in [0.4, 0.5) is 0 Å². The van der Waals surface area contributed by atoms with Crippen molar-refractivity contribution in [3.63, 3.8) is 0 Å². The van der Waals surface area contributed by atoms with Gasteiger partial charge in [-0.1, -0.05) is 23.7 Å². The molecule has 0 aromatic heterocycles. The highest BCUT2D eigenvalue weighted by molar-refractivity contribution is 6.30. The predicted octanol–water partition coefficient (Wildman–Crippen LogP) is 3.11. The molecule has 0 aliphatic carbocycles. The first-order valence-electron chi connectivity index (χ1n) is 6.79. The molecule has 0 radical (unpaired) electrons. The van der Waals surface area contributed by atoms with Crippen molar-refractivity contribution in [2.75, 3.05) is 6.54 Å². The molecule has 0 spiro atoms. The fourth-order valence-corrected chi connectivity index (χ4v) is 2.81. The van der Waals surface area contributed by atoms with Crippen molar-refractivity contribution in [1.82, 2.24) is 4.90 Å². The van der Waals surface area contributed by atoms with Crippen LogP contribution in [-0.4, -0.2) is 28.4 Å². The van der Waals surface area contributed by atoms with Gasteiger partial charge < -0.3 is 10.0 Å². The molecule has 2 rings (SSSR count). The maximum Gasteiger partial charge on any atom is 0.315 e. The molecule has 1 aromatic rings. The quantitative estimate of drug-likeness (QED) is 0.872. The molecule has 1 aromatic carbocycles. The molecule has 0 bridgehead atoms. The highest BCUT2D eigenvalue weighted by Gasteiger charge is 2.33. The van der Waals surface area contributed by atoms with Gasteiger partial charge >= 0.3 is 5.97 Å². The first kappa shape index (κ1) is 14.9. The Bertz CT molecular complexity index is 518. The number of carbonyl (C=O) groups is 2. The number of carboxylic acids is 1. The molecule has 1 aliphatic rings. The van der Waals surface area contributed by atoms with Gasteiger partial charge in [-0.2, -0.15) is 0 Å². The minimum Gasteiger partial charge on any atom is -0.481 e. The summed E-state index contributed by atoms with van der Waals surface area (Å²) < 4.78 is 0. The van der Waals surface area contributed by atoms with Crippen LogP contribution >= 0.6 is 11.6 Å². The van der Waals surface area contributed by atoms with Crippen LogP contribution in [0.1, 0.15) is 37.8 Å². The van der Waals surface area contributed by atoms with Crippen LogP contribution in [0.3, 0.4) is 0 Å². The summed E-state index contributed by atoms with van der Waals surface area (Å²) in [5, 5.41) is 9.65. The largest absolute Gasteiger partial charge is 0.481 e. The maximum atomic E-state index is 12.3. The van der Waals surface area contributed by atoms with Crippen molar-refractivity contribution in [3.05, 3.63) is 34.9 Å².